The summed E-state index contributed by atoms with van der Waals surface area (Å²) in [6, 6.07) is 0. The van der Waals surface area contributed by atoms with Crippen LogP contribution in [-0.4, -0.2) is 59.4 Å². The second-order valence-electron chi connectivity index (χ2n) is 17.1. The summed E-state index contributed by atoms with van der Waals surface area (Å²) >= 11 is 0. The molecule has 7 rings (SSSR count). The zero-order valence-electron chi connectivity index (χ0n) is 27.4. The molecule has 0 aromatic carbocycles. The highest BCUT2D eigenvalue weighted by Gasteiger charge is 2.70. The second kappa shape index (κ2) is 10.7. The highest BCUT2D eigenvalue weighted by atomic mass is 16.8. The predicted molar refractivity (Wildman–Crippen MR) is 161 cm³/mol. The van der Waals surface area contributed by atoms with Gasteiger partial charge in [0.1, 0.15) is 0 Å². The van der Waals surface area contributed by atoms with Gasteiger partial charge in [0.15, 0.2) is 11.6 Å². The molecule has 1 unspecified atom stereocenters. The van der Waals surface area contributed by atoms with Crippen molar-refractivity contribution in [1.29, 1.82) is 0 Å². The van der Waals surface area contributed by atoms with Crippen molar-refractivity contribution < 1.29 is 29.2 Å². The van der Waals surface area contributed by atoms with E-state index < -0.39 is 23.8 Å². The Labute approximate surface area is 255 Å². The summed E-state index contributed by atoms with van der Waals surface area (Å²) < 4.78 is 26.3. The number of ether oxygens (including phenoxy) is 4. The maximum atomic E-state index is 11.7. The van der Waals surface area contributed by atoms with Gasteiger partial charge in [-0.3, -0.25) is 0 Å². The van der Waals surface area contributed by atoms with Crippen molar-refractivity contribution in [3.05, 3.63) is 0 Å². The minimum Gasteiger partial charge on any atom is -0.390 e. The number of hydrogen-bond acceptors (Lipinski definition) is 6. The van der Waals surface area contributed by atoms with Crippen LogP contribution in [0.1, 0.15) is 119 Å². The second-order valence-corrected chi connectivity index (χ2v) is 17.1. The molecule has 2 heterocycles. The van der Waals surface area contributed by atoms with Gasteiger partial charge in [0.2, 0.25) is 0 Å². The molecule has 0 bridgehead atoms. The van der Waals surface area contributed by atoms with Gasteiger partial charge in [0.25, 0.3) is 0 Å². The van der Waals surface area contributed by atoms with Crippen molar-refractivity contribution in [3.63, 3.8) is 0 Å². The van der Waals surface area contributed by atoms with Gasteiger partial charge in [-0.05, 0) is 105 Å². The predicted octanol–water partition coefficient (Wildman–Crippen LogP) is 6.70. The van der Waals surface area contributed by atoms with Crippen LogP contribution in [0, 0.1) is 58.2 Å². The van der Waals surface area contributed by atoms with Gasteiger partial charge in [0.05, 0.1) is 37.6 Å². The third-order valence-electron chi connectivity index (χ3n) is 14.8. The Hall–Kier alpha value is -0.240. The fourth-order valence-corrected chi connectivity index (χ4v) is 12.8. The Kier molecular flexibility index (Phi) is 7.72. The zero-order chi connectivity index (χ0) is 29.7. The van der Waals surface area contributed by atoms with Gasteiger partial charge in [-0.1, -0.05) is 59.8 Å². The molecule has 0 aromatic rings. The van der Waals surface area contributed by atoms with Gasteiger partial charge in [-0.15, -0.1) is 0 Å². The van der Waals surface area contributed by atoms with E-state index in [4.69, 9.17) is 18.9 Å². The SMILES string of the molecule is C[C@H]([C@@H](O)[C@H](O)[C@@H](C)C1CCCCC1)[C@H]1CC[C@H]2[C@@H]3CC4(OCCO4)C4C[C@@H]5OC(C)(C)O[C@@H]5C[C@]4(C)[C@H]3CC[C@]12C. The number of aliphatic hydroxyl groups is 2. The summed E-state index contributed by atoms with van der Waals surface area (Å²) in [4.78, 5) is 0. The molecule has 5 aliphatic carbocycles. The molecule has 0 radical (unpaired) electrons. The lowest BCUT2D eigenvalue weighted by atomic mass is 9.42. The van der Waals surface area contributed by atoms with E-state index in [0.29, 0.717) is 48.7 Å². The first kappa shape index (κ1) is 30.4. The van der Waals surface area contributed by atoms with Gasteiger partial charge in [0, 0.05) is 12.3 Å². The molecular weight excluding hydrogens is 528 g/mol. The van der Waals surface area contributed by atoms with E-state index >= 15 is 0 Å². The summed E-state index contributed by atoms with van der Waals surface area (Å²) in [5.74, 6) is 2.31. The van der Waals surface area contributed by atoms with E-state index in [2.05, 4.69) is 41.5 Å². The Morgan fingerprint density at radius 2 is 1.33 bits per heavy atom. The minimum absolute atomic E-state index is 0.0916. The third-order valence-corrected chi connectivity index (χ3v) is 14.8. The van der Waals surface area contributed by atoms with Crippen molar-refractivity contribution >= 4 is 0 Å². The Morgan fingerprint density at radius 1 is 0.690 bits per heavy atom. The Morgan fingerprint density at radius 3 is 2.05 bits per heavy atom. The molecule has 1 spiro atoms. The van der Waals surface area contributed by atoms with Crippen LogP contribution in [0.2, 0.25) is 0 Å². The van der Waals surface area contributed by atoms with E-state index in [1.165, 1.54) is 51.4 Å². The smallest absolute Gasteiger partial charge is 0.172 e. The van der Waals surface area contributed by atoms with E-state index in [0.717, 1.165) is 25.7 Å². The van der Waals surface area contributed by atoms with Crippen molar-refractivity contribution in [1.82, 2.24) is 0 Å². The maximum absolute atomic E-state index is 11.7. The first-order valence-corrected chi connectivity index (χ1v) is 17.9. The van der Waals surface area contributed by atoms with Crippen LogP contribution in [0.15, 0.2) is 0 Å². The lowest BCUT2D eigenvalue weighted by Gasteiger charge is -2.65. The molecule has 7 fully saturated rings. The number of rotatable bonds is 5. The van der Waals surface area contributed by atoms with E-state index in [-0.39, 0.29) is 34.9 Å². The van der Waals surface area contributed by atoms with Crippen LogP contribution in [0.4, 0.5) is 0 Å². The van der Waals surface area contributed by atoms with Crippen LogP contribution in [0.3, 0.4) is 0 Å². The molecule has 7 aliphatic rings. The summed E-state index contributed by atoms with van der Waals surface area (Å²) in [6.45, 7) is 15.0. The first-order chi connectivity index (χ1) is 19.9. The average molecular weight is 589 g/mol. The number of aliphatic hydroxyl groups excluding tert-OH is 2. The fourth-order valence-electron chi connectivity index (χ4n) is 12.8. The first-order valence-electron chi connectivity index (χ1n) is 17.9. The monoisotopic (exact) mass is 588 g/mol. The average Bonchev–Trinajstić information content (AvgIpc) is 3.65. The zero-order valence-corrected chi connectivity index (χ0v) is 27.4. The highest BCUT2D eigenvalue weighted by molar-refractivity contribution is 5.16. The number of fused-ring (bicyclic) bond motifs is 7. The molecule has 0 amide bonds. The molecule has 5 saturated carbocycles. The van der Waals surface area contributed by atoms with E-state index in [1.807, 2.05) is 0 Å². The van der Waals surface area contributed by atoms with Crippen molar-refractivity contribution in [2.24, 2.45) is 58.2 Å². The quantitative estimate of drug-likeness (QED) is 0.372. The van der Waals surface area contributed by atoms with Crippen LogP contribution < -0.4 is 0 Å². The summed E-state index contributed by atoms with van der Waals surface area (Å²) in [6.07, 6.45) is 13.0. The molecule has 2 N–H and O–H groups in total. The molecule has 13 atom stereocenters. The largest absolute Gasteiger partial charge is 0.390 e. The van der Waals surface area contributed by atoms with Gasteiger partial charge < -0.3 is 29.2 Å². The Bertz CT molecular complexity index is 987. The van der Waals surface area contributed by atoms with Gasteiger partial charge in [-0.25, -0.2) is 0 Å². The summed E-state index contributed by atoms with van der Waals surface area (Å²) in [5.41, 5.74) is 0.263. The number of hydrogen-bond donors (Lipinski definition) is 2. The van der Waals surface area contributed by atoms with E-state index in [9.17, 15) is 10.2 Å². The molecule has 6 heteroatoms. The van der Waals surface area contributed by atoms with Crippen molar-refractivity contribution in [2.45, 2.75) is 155 Å². The lowest BCUT2D eigenvalue weighted by Crippen LogP contribution is -2.65. The summed E-state index contributed by atoms with van der Waals surface area (Å²) in [5, 5.41) is 23.1. The minimum atomic E-state index is -0.653. The van der Waals surface area contributed by atoms with Crippen LogP contribution >= 0.6 is 0 Å². The van der Waals surface area contributed by atoms with E-state index in [1.54, 1.807) is 0 Å². The fraction of sp³-hybridized carbons (Fsp3) is 1.00. The highest BCUT2D eigenvalue weighted by Crippen LogP contribution is 2.71. The summed E-state index contributed by atoms with van der Waals surface area (Å²) in [7, 11) is 0. The maximum Gasteiger partial charge on any atom is 0.172 e. The molecule has 240 valence electrons. The van der Waals surface area contributed by atoms with Gasteiger partial charge >= 0.3 is 0 Å². The molecule has 42 heavy (non-hydrogen) atoms. The molecular formula is C36H60O6. The third kappa shape index (κ3) is 4.62. The van der Waals surface area contributed by atoms with Crippen LogP contribution in [0.5, 0.6) is 0 Å². The Balaban J connectivity index is 1.13. The molecule has 0 aromatic heterocycles. The molecule has 2 saturated heterocycles. The standard InChI is InChI=1S/C36H60O6/c1-21(23-10-8-7-9-11-23)31(37)32(38)22(2)25-12-13-26-24-19-36(39-16-17-40-36)30-18-28-29(42-33(3,4)41-28)20-35(30,6)27(24)14-15-34(25,26)5/h21-32,37-38H,7-20H2,1-6H3/t21-,22-,24-,25+,26-,27-,28-,29+,30?,31+,32+,34+,35+/m0/s1. The molecule has 6 nitrogen and oxygen atoms in total. The van der Waals surface area contributed by atoms with Crippen LogP contribution in [-0.2, 0) is 18.9 Å². The van der Waals surface area contributed by atoms with Crippen molar-refractivity contribution in [3.8, 4) is 0 Å². The van der Waals surface area contributed by atoms with Gasteiger partial charge in [-0.2, -0.15) is 0 Å². The lowest BCUT2D eigenvalue weighted by molar-refractivity contribution is -0.301. The van der Waals surface area contributed by atoms with Crippen LogP contribution in [0.25, 0.3) is 0 Å². The van der Waals surface area contributed by atoms with Crippen molar-refractivity contribution in [2.75, 3.05) is 13.2 Å². The topological polar surface area (TPSA) is 77.4 Å². The molecule has 2 aliphatic heterocycles. The normalized spacial score (nSPS) is 49.0.